The first-order chi connectivity index (χ1) is 23.0. The van der Waals surface area contributed by atoms with E-state index < -0.39 is 103 Å². The smallest absolute Gasteiger partial charge is 0.246 e. The number of nitrogens with zero attached hydrogens (tertiary/aromatic N) is 2. The number of ketones is 2. The maximum absolute atomic E-state index is 14.8. The first-order valence-electron chi connectivity index (χ1n) is 15.8. The van der Waals surface area contributed by atoms with Crippen molar-refractivity contribution in [2.24, 2.45) is 11.8 Å². The van der Waals surface area contributed by atoms with E-state index in [0.717, 1.165) is 43.2 Å². The summed E-state index contributed by atoms with van der Waals surface area (Å²) in [6.45, 7) is 2.02. The number of fused-ring (bicyclic) bond motifs is 11. The zero-order valence-electron chi connectivity index (χ0n) is 25.4. The molecule has 8 saturated heterocycles. The average Bonchev–Trinajstić information content (AvgIpc) is 3.75. The van der Waals surface area contributed by atoms with Crippen LogP contribution in [0.5, 0.6) is 0 Å². The summed E-state index contributed by atoms with van der Waals surface area (Å²) in [6, 6.07) is 14.4. The Morgan fingerprint density at radius 1 is 0.646 bits per heavy atom. The quantitative estimate of drug-likeness (QED) is 0.245. The second kappa shape index (κ2) is 8.88. The predicted octanol–water partition coefficient (Wildman–Crippen LogP) is 0.854. The minimum atomic E-state index is -1.83. The molecule has 16 heteroatoms. The number of carbonyl (C=O) groups excluding carboxylic acids is 4. The molecule has 12 nitrogen and oxygen atoms in total. The predicted molar refractivity (Wildman–Crippen MR) is 181 cm³/mol. The van der Waals surface area contributed by atoms with E-state index >= 15 is 0 Å². The molecule has 10 heterocycles. The van der Waals surface area contributed by atoms with E-state index in [1.807, 2.05) is 0 Å². The Kier molecular flexibility index (Phi) is 5.62. The molecule has 2 aromatic carbocycles. The maximum Gasteiger partial charge on any atom is 0.246 e. The largest absolute Gasteiger partial charge is 0.394 e. The van der Waals surface area contributed by atoms with Gasteiger partial charge in [0.25, 0.3) is 0 Å². The van der Waals surface area contributed by atoms with Crippen LogP contribution in [0.2, 0.25) is 0 Å². The highest BCUT2D eigenvalue weighted by Crippen LogP contribution is 2.79. The Labute approximate surface area is 289 Å². The number of benzene rings is 2. The zero-order chi connectivity index (χ0) is 33.6. The van der Waals surface area contributed by atoms with E-state index in [1.54, 1.807) is 62.4 Å². The second-order valence-electron chi connectivity index (χ2n) is 14.1. The lowest BCUT2D eigenvalue weighted by Gasteiger charge is -2.57. The Bertz CT molecular complexity index is 1800. The normalized spacial score (nSPS) is 48.5. The SMILES string of the molecule is CC1C(=O)[C@]23SS[C@@]1(CO)C(=O)N2[C@H]1Nc2ccccc2[C@@]1([C@@]12c4ccccc4N[C@@H]1N1C(=O)[C@]4(CO)SS[C@]1(C(=O)C4C)[C@H]2O)[C@@H]3O. The molecule has 2 aromatic rings. The summed E-state index contributed by atoms with van der Waals surface area (Å²) in [5.74, 6) is -3.71. The van der Waals surface area contributed by atoms with Gasteiger partial charge in [0.15, 0.2) is 21.3 Å². The number of carbonyl (C=O) groups is 4. The molecule has 2 unspecified atom stereocenters. The van der Waals surface area contributed by atoms with Crippen LogP contribution in [0.25, 0.3) is 0 Å². The summed E-state index contributed by atoms with van der Waals surface area (Å²) in [5.41, 5.74) is -1.26. The lowest BCUT2D eigenvalue weighted by atomic mass is 9.51. The van der Waals surface area contributed by atoms with Crippen LogP contribution in [0.15, 0.2) is 48.5 Å². The highest BCUT2D eigenvalue weighted by molar-refractivity contribution is 8.78. The minimum absolute atomic E-state index is 0.415. The van der Waals surface area contributed by atoms with Gasteiger partial charge in [-0.3, -0.25) is 29.0 Å². The Hall–Kier alpha value is -2.44. The number of amides is 2. The monoisotopic (exact) mass is 726 g/mol. The summed E-state index contributed by atoms with van der Waals surface area (Å²) in [6.07, 6.45) is -5.60. The van der Waals surface area contributed by atoms with Gasteiger partial charge in [-0.2, -0.15) is 0 Å². The van der Waals surface area contributed by atoms with Gasteiger partial charge in [0.2, 0.25) is 11.8 Å². The molecule has 250 valence electrons. The van der Waals surface area contributed by atoms with Crippen LogP contribution in [0.1, 0.15) is 25.0 Å². The number of anilines is 2. The third kappa shape index (κ3) is 2.53. The number of Topliss-reactive ketones (excluding diaryl/α,β-unsaturated/α-hetero) is 2. The lowest BCUT2D eigenvalue weighted by Crippen LogP contribution is -2.75. The molecular formula is C32H30N4O8S4. The third-order valence-electron chi connectivity index (χ3n) is 12.9. The molecule has 12 rings (SSSR count). The van der Waals surface area contributed by atoms with Crippen LogP contribution >= 0.6 is 43.2 Å². The molecule has 0 radical (unpaired) electrons. The number of piperidine rings is 2. The van der Waals surface area contributed by atoms with Gasteiger partial charge in [0.1, 0.15) is 34.0 Å². The van der Waals surface area contributed by atoms with Gasteiger partial charge in [-0.05, 0) is 23.3 Å². The fourth-order valence-corrected chi connectivity index (χ4v) is 18.5. The molecule has 0 aromatic heterocycles. The summed E-state index contributed by atoms with van der Waals surface area (Å²) in [5, 5.41) is 55.0. The third-order valence-corrected chi connectivity index (χ3v) is 20.5. The van der Waals surface area contributed by atoms with Crippen molar-refractivity contribution < 1.29 is 39.6 Å². The zero-order valence-corrected chi connectivity index (χ0v) is 28.7. The molecule has 12 atom stereocenters. The van der Waals surface area contributed by atoms with E-state index in [9.17, 15) is 39.6 Å². The summed E-state index contributed by atoms with van der Waals surface area (Å²) in [7, 11) is 4.29. The van der Waals surface area contributed by atoms with Gasteiger partial charge in [0, 0.05) is 23.2 Å². The van der Waals surface area contributed by atoms with E-state index in [0.29, 0.717) is 22.5 Å². The van der Waals surface area contributed by atoms with E-state index in [4.69, 9.17) is 0 Å². The number of hydrogen-bond donors (Lipinski definition) is 6. The number of aliphatic hydroxyl groups is 4. The number of nitrogens with one attached hydrogen (secondary N) is 2. The molecule has 48 heavy (non-hydrogen) atoms. The van der Waals surface area contributed by atoms with Crippen molar-refractivity contribution >= 4 is 77.9 Å². The molecule has 10 aliphatic heterocycles. The molecule has 6 N–H and O–H groups in total. The van der Waals surface area contributed by atoms with Gasteiger partial charge in [-0.15, -0.1) is 0 Å². The van der Waals surface area contributed by atoms with Gasteiger partial charge in [0.05, 0.1) is 24.0 Å². The van der Waals surface area contributed by atoms with Crippen LogP contribution in [0, 0.1) is 11.8 Å². The van der Waals surface area contributed by atoms with E-state index in [-0.39, 0.29) is 0 Å². The number of rotatable bonds is 3. The van der Waals surface area contributed by atoms with Crippen LogP contribution < -0.4 is 10.6 Å². The summed E-state index contributed by atoms with van der Waals surface area (Å²) >= 11 is 0. The topological polar surface area (TPSA) is 180 Å². The Morgan fingerprint density at radius 2 is 1.02 bits per heavy atom. The van der Waals surface area contributed by atoms with Crippen LogP contribution in [0.3, 0.4) is 0 Å². The summed E-state index contributed by atoms with van der Waals surface area (Å²) < 4.78 is -2.99. The minimum Gasteiger partial charge on any atom is -0.394 e. The fourth-order valence-electron chi connectivity index (χ4n) is 10.6. The van der Waals surface area contributed by atoms with Crippen LogP contribution in [-0.2, 0) is 30.0 Å². The van der Waals surface area contributed by atoms with Crippen LogP contribution in [0.4, 0.5) is 11.4 Å². The van der Waals surface area contributed by atoms with Crippen molar-refractivity contribution in [2.45, 2.75) is 68.5 Å². The first-order valence-corrected chi connectivity index (χ1v) is 20.1. The van der Waals surface area contributed by atoms with Crippen LogP contribution in [-0.4, -0.2) is 111 Å². The first kappa shape index (κ1) is 30.4. The molecule has 10 aliphatic rings. The molecule has 8 fully saturated rings. The van der Waals surface area contributed by atoms with Gasteiger partial charge in [-0.1, -0.05) is 93.4 Å². The molecule has 0 saturated carbocycles. The number of hydrogen-bond acceptors (Lipinski definition) is 14. The molecular weight excluding hydrogens is 697 g/mol. The van der Waals surface area contributed by atoms with Gasteiger partial charge in [-0.25, -0.2) is 0 Å². The number of para-hydroxylation sites is 2. The van der Waals surface area contributed by atoms with Crippen molar-refractivity contribution in [1.82, 2.24) is 9.80 Å². The van der Waals surface area contributed by atoms with Crippen molar-refractivity contribution in [1.29, 1.82) is 0 Å². The highest BCUT2D eigenvalue weighted by Gasteiger charge is 2.93. The maximum atomic E-state index is 14.8. The van der Waals surface area contributed by atoms with Crippen molar-refractivity contribution in [3.05, 3.63) is 59.7 Å². The molecule has 2 spiro atoms. The molecule has 4 bridgehead atoms. The van der Waals surface area contributed by atoms with Crippen molar-refractivity contribution in [2.75, 3.05) is 23.8 Å². The van der Waals surface area contributed by atoms with Gasteiger partial charge >= 0.3 is 0 Å². The van der Waals surface area contributed by atoms with Crippen molar-refractivity contribution in [3.8, 4) is 0 Å². The summed E-state index contributed by atoms with van der Waals surface area (Å²) in [4.78, 5) is 58.1. The fraction of sp³-hybridized carbons (Fsp3) is 0.500. The number of aliphatic hydroxyl groups excluding tert-OH is 4. The van der Waals surface area contributed by atoms with E-state index in [1.165, 1.54) is 9.80 Å². The molecule has 2 amide bonds. The van der Waals surface area contributed by atoms with Gasteiger partial charge < -0.3 is 31.1 Å². The van der Waals surface area contributed by atoms with Crippen molar-refractivity contribution in [3.63, 3.8) is 0 Å². The average molecular weight is 727 g/mol. The second-order valence-corrected chi connectivity index (χ2v) is 19.4. The lowest BCUT2D eigenvalue weighted by molar-refractivity contribution is -0.157. The Morgan fingerprint density at radius 3 is 1.40 bits per heavy atom. The Balaban J connectivity index is 1.34. The molecule has 0 aliphatic carbocycles. The van der Waals surface area contributed by atoms with E-state index in [2.05, 4.69) is 10.6 Å². The highest BCUT2D eigenvalue weighted by atomic mass is 33.1. The standard InChI is InChI=1S/C32H30N4O8S4/c1-13-19(39)31-21(41)29(15-7-3-5-9-17(15)33-23(29)35(31)25(43)27(13,11-37)45-47-31)30-16-8-4-6-10-18(16)34-24(30)36-26(44)28(12-38)14(2)20(40)32(36,22(30)42)48-46-28/h3-10,13-14,21-24,33-34,37-38,41-42H,11-12H2,1-2H3/t13?,14?,21-,22-,23+,24+,27+,28+,29+,30+,31+,32+/m0/s1.